The molecule has 13 heavy (non-hydrogen) atoms. The van der Waals surface area contributed by atoms with Crippen molar-refractivity contribution in [2.45, 2.75) is 12.0 Å². The summed E-state index contributed by atoms with van der Waals surface area (Å²) >= 11 is 0. The molecule has 0 atom stereocenters. The molecule has 3 N–H and O–H groups in total. The smallest absolute Gasteiger partial charge is 0.394 e. The van der Waals surface area contributed by atoms with E-state index in [0.717, 1.165) is 0 Å². The third-order valence-corrected chi connectivity index (χ3v) is 0.708. The van der Waals surface area contributed by atoms with Crippen LogP contribution in [0.1, 0.15) is 0 Å². The van der Waals surface area contributed by atoms with E-state index < -0.39 is 18.7 Å². The third kappa shape index (κ3) is 6.67. The van der Waals surface area contributed by atoms with Crippen LogP contribution in [0.2, 0.25) is 0 Å². The molecule has 82 valence electrons. The molecule has 3 nitrogen and oxygen atoms in total. The molecule has 0 aromatic heterocycles. The van der Waals surface area contributed by atoms with Gasteiger partial charge in [0.25, 0.3) is 0 Å². The van der Waals surface area contributed by atoms with Crippen LogP contribution in [0.15, 0.2) is 0 Å². The highest BCUT2D eigenvalue weighted by Gasteiger charge is 2.55. The summed E-state index contributed by atoms with van der Waals surface area (Å²) in [5.41, 5.74) is 0. The zero-order chi connectivity index (χ0) is 11.1. The molecule has 0 heterocycles. The molecule has 0 rings (SSSR count). The Kier molecular flexibility index (Phi) is 7.00. The number of aliphatic hydroxyl groups is 3. The summed E-state index contributed by atoms with van der Waals surface area (Å²) in [6, 6.07) is 0. The van der Waals surface area contributed by atoms with E-state index in [2.05, 4.69) is 0 Å². The Labute approximate surface area is 70.4 Å². The predicted molar refractivity (Wildman–Crippen MR) is 32.3 cm³/mol. The Morgan fingerprint density at radius 1 is 0.923 bits per heavy atom. The highest BCUT2D eigenvalue weighted by atomic mass is 19.3. The van der Waals surface area contributed by atoms with Gasteiger partial charge in [-0.1, -0.05) is 0 Å². The number of alkyl halides is 5. The highest BCUT2D eigenvalue weighted by Crippen LogP contribution is 2.31. The van der Waals surface area contributed by atoms with Crippen molar-refractivity contribution in [1.82, 2.24) is 0 Å². The minimum atomic E-state index is -5.26. The fraction of sp³-hybridized carbons (Fsp3) is 1.00. The van der Waals surface area contributed by atoms with Gasteiger partial charge in [0.2, 0.25) is 0 Å². The number of aliphatic hydroxyl groups excluding tert-OH is 2. The Hall–Kier alpha value is -0.470. The molecule has 0 fully saturated rings. The van der Waals surface area contributed by atoms with Crippen LogP contribution in [0, 0.1) is 0 Å². The minimum Gasteiger partial charge on any atom is -0.394 e. The van der Waals surface area contributed by atoms with Crippen LogP contribution in [0.5, 0.6) is 0 Å². The molecule has 0 aromatic rings. The van der Waals surface area contributed by atoms with Crippen LogP contribution < -0.4 is 0 Å². The van der Waals surface area contributed by atoms with Gasteiger partial charge in [0.1, 0.15) is 0 Å². The van der Waals surface area contributed by atoms with Gasteiger partial charge in [0.05, 0.1) is 13.2 Å². The SMILES string of the molecule is OC(F)(F)C(F)(F)CF.OCCO. The van der Waals surface area contributed by atoms with Gasteiger partial charge < -0.3 is 15.3 Å². The Morgan fingerprint density at radius 3 is 1.23 bits per heavy atom. The maximum absolute atomic E-state index is 11.3. The first kappa shape index (κ1) is 15.0. The topological polar surface area (TPSA) is 60.7 Å². The zero-order valence-electron chi connectivity index (χ0n) is 6.35. The Morgan fingerprint density at radius 2 is 1.23 bits per heavy atom. The van der Waals surface area contributed by atoms with Crippen molar-refractivity contribution >= 4 is 0 Å². The summed E-state index contributed by atoms with van der Waals surface area (Å²) in [7, 11) is 0. The average molecular weight is 212 g/mol. The fourth-order valence-electron chi connectivity index (χ4n) is 0.0804. The van der Waals surface area contributed by atoms with Gasteiger partial charge in [0, 0.05) is 0 Å². The standard InChI is InChI=1S/C3H3F5O.C2H6O2/c4-1-2(5,6)3(7,8)9;3-1-2-4/h9H,1H2;3-4H,1-2H2. The van der Waals surface area contributed by atoms with Crippen LogP contribution >= 0.6 is 0 Å². The van der Waals surface area contributed by atoms with Gasteiger partial charge in [-0.05, 0) is 0 Å². The first-order chi connectivity index (χ1) is 5.72. The minimum absolute atomic E-state index is 0.125. The van der Waals surface area contributed by atoms with Crippen molar-refractivity contribution in [3.8, 4) is 0 Å². The molecular weight excluding hydrogens is 203 g/mol. The lowest BCUT2D eigenvalue weighted by atomic mass is 10.3. The molecule has 0 aromatic carbocycles. The van der Waals surface area contributed by atoms with E-state index in [-0.39, 0.29) is 13.2 Å². The quantitative estimate of drug-likeness (QED) is 0.583. The number of rotatable bonds is 3. The number of hydrogen-bond donors (Lipinski definition) is 3. The second-order valence-corrected chi connectivity index (χ2v) is 1.83. The predicted octanol–water partition coefficient (Wildman–Crippen LogP) is 0.147. The number of hydrogen-bond acceptors (Lipinski definition) is 3. The van der Waals surface area contributed by atoms with E-state index >= 15 is 0 Å². The second kappa shape index (κ2) is 6.06. The molecule has 0 amide bonds. The fourth-order valence-corrected chi connectivity index (χ4v) is 0.0804. The summed E-state index contributed by atoms with van der Waals surface area (Å²) in [6.45, 7) is -2.82. The van der Waals surface area contributed by atoms with E-state index in [1.165, 1.54) is 0 Å². The normalized spacial score (nSPS) is 12.0. The molecule has 0 saturated carbocycles. The van der Waals surface area contributed by atoms with Crippen molar-refractivity contribution in [1.29, 1.82) is 0 Å². The monoisotopic (exact) mass is 212 g/mol. The second-order valence-electron chi connectivity index (χ2n) is 1.83. The molecule has 0 radical (unpaired) electrons. The largest absolute Gasteiger partial charge is 0.419 e. The molecule has 0 saturated heterocycles. The molecular formula is C5H9F5O3. The summed E-state index contributed by atoms with van der Waals surface area (Å²) in [4.78, 5) is 0. The van der Waals surface area contributed by atoms with E-state index in [1.54, 1.807) is 0 Å². The van der Waals surface area contributed by atoms with E-state index in [1.807, 2.05) is 0 Å². The van der Waals surface area contributed by atoms with Crippen LogP contribution in [0.3, 0.4) is 0 Å². The summed E-state index contributed by atoms with van der Waals surface area (Å²) in [5.74, 6) is -4.97. The van der Waals surface area contributed by atoms with Gasteiger partial charge >= 0.3 is 12.0 Å². The molecule has 0 aliphatic rings. The van der Waals surface area contributed by atoms with Gasteiger partial charge in [-0.25, -0.2) is 4.39 Å². The van der Waals surface area contributed by atoms with Crippen molar-refractivity contribution in [3.05, 3.63) is 0 Å². The van der Waals surface area contributed by atoms with Crippen LogP contribution in [0.4, 0.5) is 22.0 Å². The highest BCUT2D eigenvalue weighted by molar-refractivity contribution is 4.72. The van der Waals surface area contributed by atoms with E-state index in [9.17, 15) is 22.0 Å². The average Bonchev–Trinajstić information content (AvgIpc) is 2.03. The van der Waals surface area contributed by atoms with E-state index in [0.29, 0.717) is 0 Å². The maximum atomic E-state index is 11.3. The van der Waals surface area contributed by atoms with Crippen LogP contribution in [-0.4, -0.2) is 47.2 Å². The molecule has 0 aliphatic carbocycles. The van der Waals surface area contributed by atoms with Gasteiger partial charge in [-0.3, -0.25) is 0 Å². The lowest BCUT2D eigenvalue weighted by molar-refractivity contribution is -0.328. The van der Waals surface area contributed by atoms with Crippen molar-refractivity contribution in [2.24, 2.45) is 0 Å². The molecule has 8 heteroatoms. The maximum Gasteiger partial charge on any atom is 0.419 e. The third-order valence-electron chi connectivity index (χ3n) is 0.708. The summed E-state index contributed by atoms with van der Waals surface area (Å²) < 4.78 is 55.6. The van der Waals surface area contributed by atoms with Gasteiger partial charge in [-0.2, -0.15) is 17.6 Å². The zero-order valence-corrected chi connectivity index (χ0v) is 6.35. The summed E-state index contributed by atoms with van der Waals surface area (Å²) in [5, 5.41) is 22.5. The Bertz CT molecular complexity index is 122. The van der Waals surface area contributed by atoms with Crippen LogP contribution in [0.25, 0.3) is 0 Å². The summed E-state index contributed by atoms with van der Waals surface area (Å²) in [6.07, 6.45) is -5.26. The molecule has 0 unspecified atom stereocenters. The number of halogens is 5. The molecule has 0 spiro atoms. The van der Waals surface area contributed by atoms with E-state index in [4.69, 9.17) is 15.3 Å². The molecule has 0 bridgehead atoms. The lowest BCUT2D eigenvalue weighted by Gasteiger charge is -2.16. The molecule has 0 aliphatic heterocycles. The van der Waals surface area contributed by atoms with Crippen molar-refractivity contribution < 1.29 is 37.3 Å². The first-order valence-electron chi connectivity index (χ1n) is 2.98. The van der Waals surface area contributed by atoms with Crippen molar-refractivity contribution in [2.75, 3.05) is 19.9 Å². The van der Waals surface area contributed by atoms with Crippen molar-refractivity contribution in [3.63, 3.8) is 0 Å². The van der Waals surface area contributed by atoms with Gasteiger partial charge in [-0.15, -0.1) is 0 Å². The van der Waals surface area contributed by atoms with Gasteiger partial charge in [0.15, 0.2) is 6.67 Å². The Balaban J connectivity index is 0. The first-order valence-corrected chi connectivity index (χ1v) is 2.98. The lowest BCUT2D eigenvalue weighted by Crippen LogP contribution is -2.41. The van der Waals surface area contributed by atoms with Crippen LogP contribution in [-0.2, 0) is 0 Å².